The molecule has 2 aromatic heterocycles. The first-order chi connectivity index (χ1) is 12.7. The average Bonchev–Trinajstić information content (AvgIpc) is 3.08. The van der Waals surface area contributed by atoms with Crippen LogP contribution in [0.5, 0.6) is 0 Å². The summed E-state index contributed by atoms with van der Waals surface area (Å²) in [6.45, 7) is 1.21. The van der Waals surface area contributed by atoms with Crippen molar-refractivity contribution in [2.45, 2.75) is 13.0 Å². The normalized spacial score (nSPS) is 11.1. The molecule has 2 heterocycles. The Morgan fingerprint density at radius 2 is 1.92 bits per heavy atom. The Hall–Kier alpha value is -3.41. The number of fused-ring (bicyclic) bond motifs is 2. The highest BCUT2D eigenvalue weighted by atomic mass is 16.3. The molecule has 0 aliphatic carbocycles. The second kappa shape index (κ2) is 6.84. The van der Waals surface area contributed by atoms with Gasteiger partial charge in [-0.25, -0.2) is 4.98 Å². The van der Waals surface area contributed by atoms with E-state index >= 15 is 0 Å². The van der Waals surface area contributed by atoms with Crippen molar-refractivity contribution in [1.29, 1.82) is 0 Å². The second-order valence-corrected chi connectivity index (χ2v) is 6.01. The Kier molecular flexibility index (Phi) is 4.23. The van der Waals surface area contributed by atoms with Gasteiger partial charge >= 0.3 is 0 Å². The molecule has 6 heteroatoms. The zero-order chi connectivity index (χ0) is 17.9. The van der Waals surface area contributed by atoms with Crippen molar-refractivity contribution < 1.29 is 9.21 Å². The van der Waals surface area contributed by atoms with Crippen molar-refractivity contribution in [1.82, 2.24) is 14.9 Å². The van der Waals surface area contributed by atoms with Gasteiger partial charge in [0.05, 0.1) is 22.7 Å². The lowest BCUT2D eigenvalue weighted by Crippen LogP contribution is -2.26. The molecule has 4 rings (SSSR count). The summed E-state index contributed by atoms with van der Waals surface area (Å²) >= 11 is 0. The number of para-hydroxylation sites is 3. The van der Waals surface area contributed by atoms with Crippen LogP contribution in [0.25, 0.3) is 22.0 Å². The monoisotopic (exact) mass is 347 g/mol. The summed E-state index contributed by atoms with van der Waals surface area (Å²) in [5, 5.41) is 3.26. The first-order valence-electron chi connectivity index (χ1n) is 8.43. The lowest BCUT2D eigenvalue weighted by atomic mass is 10.2. The molecule has 1 amide bonds. The van der Waals surface area contributed by atoms with Crippen LogP contribution in [0.4, 0.5) is 0 Å². The Balaban J connectivity index is 1.39. The Bertz CT molecular complexity index is 1140. The topological polar surface area (TPSA) is 77.1 Å². The van der Waals surface area contributed by atoms with Crippen LogP contribution in [-0.4, -0.2) is 22.0 Å². The molecular formula is C20H17N3O3. The van der Waals surface area contributed by atoms with E-state index < -0.39 is 0 Å². The molecule has 0 radical (unpaired) electrons. The highest BCUT2D eigenvalue weighted by Crippen LogP contribution is 2.13. The van der Waals surface area contributed by atoms with Crippen LogP contribution in [0.1, 0.15) is 17.0 Å². The van der Waals surface area contributed by atoms with Crippen LogP contribution in [0.15, 0.2) is 70.1 Å². The minimum Gasteiger partial charge on any atom is -0.451 e. The molecule has 0 saturated carbocycles. The molecule has 0 aliphatic heterocycles. The minimum absolute atomic E-state index is 0.0294. The van der Waals surface area contributed by atoms with Crippen molar-refractivity contribution >= 4 is 27.9 Å². The van der Waals surface area contributed by atoms with E-state index in [1.807, 2.05) is 24.3 Å². The van der Waals surface area contributed by atoms with Crippen LogP contribution in [0.2, 0.25) is 0 Å². The maximum Gasteiger partial charge on any atom is 0.287 e. The van der Waals surface area contributed by atoms with E-state index in [1.165, 1.54) is 6.07 Å². The van der Waals surface area contributed by atoms with Gasteiger partial charge in [0, 0.05) is 19.2 Å². The summed E-state index contributed by atoms with van der Waals surface area (Å²) in [7, 11) is 0. The standard InChI is InChI=1S/C20H17N3O3/c24-17-12-19(26-18-9-4-1-6-14(17)18)20(25)21-10-5-11-23-13-22-15-7-2-3-8-16(15)23/h1-4,6-9,12-13H,5,10-11H2,(H,21,25). The maximum absolute atomic E-state index is 12.3. The number of nitrogens with one attached hydrogen (secondary N) is 1. The van der Waals surface area contributed by atoms with E-state index in [-0.39, 0.29) is 17.1 Å². The summed E-state index contributed by atoms with van der Waals surface area (Å²) in [5.74, 6) is -0.356. The third-order valence-corrected chi connectivity index (χ3v) is 4.25. The quantitative estimate of drug-likeness (QED) is 0.563. The lowest BCUT2D eigenvalue weighted by molar-refractivity contribution is 0.0925. The van der Waals surface area contributed by atoms with Gasteiger partial charge in [-0.15, -0.1) is 0 Å². The highest BCUT2D eigenvalue weighted by Gasteiger charge is 2.11. The second-order valence-electron chi connectivity index (χ2n) is 6.01. The predicted molar refractivity (Wildman–Crippen MR) is 99.2 cm³/mol. The summed E-state index contributed by atoms with van der Waals surface area (Å²) in [6.07, 6.45) is 2.54. The highest BCUT2D eigenvalue weighted by molar-refractivity contribution is 5.93. The number of nitrogens with zero attached hydrogens (tertiary/aromatic N) is 2. The number of carbonyl (C=O) groups excluding carboxylic acids is 1. The molecular weight excluding hydrogens is 330 g/mol. The van der Waals surface area contributed by atoms with Gasteiger partial charge in [-0.3, -0.25) is 9.59 Å². The van der Waals surface area contributed by atoms with Gasteiger partial charge in [0.1, 0.15) is 5.58 Å². The maximum atomic E-state index is 12.3. The van der Waals surface area contributed by atoms with Crippen LogP contribution >= 0.6 is 0 Å². The SMILES string of the molecule is O=C(NCCCn1cnc2ccccc21)c1cc(=O)c2ccccc2o1. The summed E-state index contributed by atoms with van der Waals surface area (Å²) in [6, 6.07) is 16.0. The molecule has 26 heavy (non-hydrogen) atoms. The van der Waals surface area contributed by atoms with E-state index in [4.69, 9.17) is 4.42 Å². The van der Waals surface area contributed by atoms with Gasteiger partial charge in [-0.2, -0.15) is 0 Å². The molecule has 0 atom stereocenters. The molecule has 1 N–H and O–H groups in total. The lowest BCUT2D eigenvalue weighted by Gasteiger charge is -2.07. The number of hydrogen-bond acceptors (Lipinski definition) is 4. The van der Waals surface area contributed by atoms with E-state index in [0.29, 0.717) is 17.5 Å². The van der Waals surface area contributed by atoms with Crippen molar-refractivity contribution in [2.75, 3.05) is 6.54 Å². The van der Waals surface area contributed by atoms with Crippen molar-refractivity contribution in [3.05, 3.63) is 76.9 Å². The Labute approximate surface area is 149 Å². The number of amides is 1. The number of aromatic nitrogens is 2. The van der Waals surface area contributed by atoms with E-state index in [1.54, 1.807) is 30.6 Å². The van der Waals surface area contributed by atoms with Crippen molar-refractivity contribution in [3.63, 3.8) is 0 Å². The summed E-state index contributed by atoms with van der Waals surface area (Å²) in [5.41, 5.74) is 2.21. The Morgan fingerprint density at radius 3 is 2.85 bits per heavy atom. The molecule has 0 unspecified atom stereocenters. The molecule has 2 aromatic carbocycles. The molecule has 0 bridgehead atoms. The molecule has 0 fully saturated rings. The van der Waals surface area contributed by atoms with Crippen LogP contribution in [-0.2, 0) is 6.54 Å². The largest absolute Gasteiger partial charge is 0.451 e. The average molecular weight is 347 g/mol. The first kappa shape index (κ1) is 16.1. The zero-order valence-electron chi connectivity index (χ0n) is 14.0. The summed E-state index contributed by atoms with van der Waals surface area (Å²) < 4.78 is 7.59. The zero-order valence-corrected chi connectivity index (χ0v) is 14.0. The number of hydrogen-bond donors (Lipinski definition) is 1. The molecule has 0 saturated heterocycles. The van der Waals surface area contributed by atoms with Gasteiger partial charge in [-0.05, 0) is 30.7 Å². The molecule has 130 valence electrons. The van der Waals surface area contributed by atoms with Crippen LogP contribution in [0.3, 0.4) is 0 Å². The van der Waals surface area contributed by atoms with Crippen molar-refractivity contribution in [2.24, 2.45) is 0 Å². The number of imidazole rings is 1. The van der Waals surface area contributed by atoms with Gasteiger partial charge in [-0.1, -0.05) is 24.3 Å². The van der Waals surface area contributed by atoms with Crippen LogP contribution in [0, 0.1) is 0 Å². The van der Waals surface area contributed by atoms with E-state index in [9.17, 15) is 9.59 Å². The van der Waals surface area contributed by atoms with Gasteiger partial charge in [0.25, 0.3) is 5.91 Å². The predicted octanol–water partition coefficient (Wildman–Crippen LogP) is 2.96. The first-order valence-corrected chi connectivity index (χ1v) is 8.43. The number of benzene rings is 2. The van der Waals surface area contributed by atoms with Gasteiger partial charge in [0.2, 0.25) is 0 Å². The fourth-order valence-corrected chi connectivity index (χ4v) is 2.94. The van der Waals surface area contributed by atoms with Crippen molar-refractivity contribution in [3.8, 4) is 0 Å². The Morgan fingerprint density at radius 1 is 1.12 bits per heavy atom. The molecule has 0 aliphatic rings. The number of aryl methyl sites for hydroxylation is 1. The fourth-order valence-electron chi connectivity index (χ4n) is 2.94. The van der Waals surface area contributed by atoms with Crippen LogP contribution < -0.4 is 10.7 Å². The summed E-state index contributed by atoms with van der Waals surface area (Å²) in [4.78, 5) is 28.7. The van der Waals surface area contributed by atoms with Gasteiger partial charge < -0.3 is 14.3 Å². The third-order valence-electron chi connectivity index (χ3n) is 4.25. The minimum atomic E-state index is -0.386. The van der Waals surface area contributed by atoms with E-state index in [2.05, 4.69) is 14.9 Å². The smallest absolute Gasteiger partial charge is 0.287 e. The van der Waals surface area contributed by atoms with Gasteiger partial charge in [0.15, 0.2) is 11.2 Å². The molecule has 0 spiro atoms. The van der Waals surface area contributed by atoms with E-state index in [0.717, 1.165) is 24.0 Å². The number of carbonyl (C=O) groups is 1. The molecule has 4 aromatic rings. The third kappa shape index (κ3) is 3.09. The fraction of sp³-hybridized carbons (Fsp3) is 0.150. The molecule has 6 nitrogen and oxygen atoms in total. The number of rotatable bonds is 5.